The average molecular weight is 214 g/mol. The average Bonchev–Trinajstić information content (AvgIpc) is 2.75. The van der Waals surface area contributed by atoms with Gasteiger partial charge >= 0.3 is 0 Å². The van der Waals surface area contributed by atoms with E-state index in [1.165, 1.54) is 5.56 Å². The van der Waals surface area contributed by atoms with Gasteiger partial charge in [0.2, 0.25) is 0 Å². The van der Waals surface area contributed by atoms with Gasteiger partial charge in [-0.05, 0) is 12.0 Å². The summed E-state index contributed by atoms with van der Waals surface area (Å²) in [6.07, 6.45) is 6.01. The number of rotatable bonds is 5. The molecule has 0 aliphatic carbocycles. The maximum atomic E-state index is 10.2. The van der Waals surface area contributed by atoms with Crippen molar-refractivity contribution in [2.75, 3.05) is 0 Å². The van der Waals surface area contributed by atoms with Crippen LogP contribution in [-0.4, -0.2) is 15.8 Å². The number of carbonyl (C=O) groups excluding carboxylic acids is 1. The summed E-state index contributed by atoms with van der Waals surface area (Å²) < 4.78 is 2.04. The predicted octanol–water partition coefficient (Wildman–Crippen LogP) is 2.06. The largest absolute Gasteiger partial charge is 0.333 e. The predicted molar refractivity (Wildman–Crippen MR) is 62.2 cm³/mol. The van der Waals surface area contributed by atoms with E-state index in [-0.39, 0.29) is 0 Å². The van der Waals surface area contributed by atoms with Crippen molar-refractivity contribution in [1.82, 2.24) is 9.55 Å². The Morgan fingerprint density at radius 1 is 1.25 bits per heavy atom. The van der Waals surface area contributed by atoms with Gasteiger partial charge in [-0.15, -0.1) is 0 Å². The summed E-state index contributed by atoms with van der Waals surface area (Å²) in [6, 6.07) is 10.2. The Bertz CT molecular complexity index is 448. The van der Waals surface area contributed by atoms with Crippen molar-refractivity contribution in [3.63, 3.8) is 0 Å². The summed E-state index contributed by atoms with van der Waals surface area (Å²) in [6.45, 7) is 0.828. The molecule has 0 unspecified atom stereocenters. The van der Waals surface area contributed by atoms with Crippen molar-refractivity contribution >= 4 is 6.29 Å². The van der Waals surface area contributed by atoms with Crippen LogP contribution in [0.2, 0.25) is 0 Å². The summed E-state index contributed by atoms with van der Waals surface area (Å²) in [5.74, 6) is 0. The topological polar surface area (TPSA) is 34.9 Å². The molecule has 0 atom stereocenters. The third-order valence-corrected chi connectivity index (χ3v) is 2.41. The first-order valence-electron chi connectivity index (χ1n) is 5.36. The number of imidazole rings is 1. The molecule has 1 heterocycles. The van der Waals surface area contributed by atoms with Gasteiger partial charge in [-0.2, -0.15) is 0 Å². The number of carbonyl (C=O) groups is 1. The Kier molecular flexibility index (Phi) is 3.49. The molecule has 0 aliphatic heterocycles. The van der Waals surface area contributed by atoms with Gasteiger partial charge in [0.25, 0.3) is 0 Å². The minimum Gasteiger partial charge on any atom is -0.333 e. The molecule has 0 saturated heterocycles. The first-order valence-corrected chi connectivity index (χ1v) is 5.36. The number of aromatic nitrogens is 2. The van der Waals surface area contributed by atoms with Crippen molar-refractivity contribution in [1.29, 1.82) is 0 Å². The molecule has 0 saturated carbocycles. The molecule has 16 heavy (non-hydrogen) atoms. The van der Waals surface area contributed by atoms with Gasteiger partial charge in [0.15, 0.2) is 0 Å². The number of hydrogen-bond donors (Lipinski definition) is 0. The van der Waals surface area contributed by atoms with Crippen molar-refractivity contribution in [2.24, 2.45) is 0 Å². The van der Waals surface area contributed by atoms with E-state index >= 15 is 0 Å². The van der Waals surface area contributed by atoms with E-state index < -0.39 is 0 Å². The maximum absolute atomic E-state index is 10.2. The maximum Gasteiger partial charge on any atom is 0.120 e. The minimum atomic E-state index is 0.544. The lowest BCUT2D eigenvalue weighted by Crippen LogP contribution is -1.95. The molecule has 3 heteroatoms. The minimum absolute atomic E-state index is 0.544. The fraction of sp³-hybridized carbons (Fsp3) is 0.231. The van der Waals surface area contributed by atoms with Gasteiger partial charge in [-0.1, -0.05) is 30.3 Å². The molecule has 0 aliphatic rings. The zero-order valence-corrected chi connectivity index (χ0v) is 9.04. The lowest BCUT2D eigenvalue weighted by molar-refractivity contribution is -0.107. The van der Waals surface area contributed by atoms with E-state index in [1.807, 2.05) is 35.3 Å². The van der Waals surface area contributed by atoms with E-state index in [0.29, 0.717) is 6.42 Å². The highest BCUT2D eigenvalue weighted by Gasteiger charge is 1.99. The van der Waals surface area contributed by atoms with Gasteiger partial charge in [0.05, 0.1) is 12.0 Å². The van der Waals surface area contributed by atoms with Crippen LogP contribution in [0.15, 0.2) is 42.9 Å². The molecule has 2 rings (SSSR count). The molecule has 2 aromatic rings. The van der Waals surface area contributed by atoms with E-state index in [0.717, 1.165) is 24.9 Å². The molecular formula is C13H14N2O. The van der Waals surface area contributed by atoms with E-state index in [9.17, 15) is 4.79 Å². The normalized spacial score (nSPS) is 10.2. The zero-order chi connectivity index (χ0) is 11.2. The first-order chi connectivity index (χ1) is 7.88. The van der Waals surface area contributed by atoms with Gasteiger partial charge in [-0.25, -0.2) is 4.98 Å². The van der Waals surface area contributed by atoms with Gasteiger partial charge in [-0.3, -0.25) is 0 Å². The van der Waals surface area contributed by atoms with Crippen LogP contribution in [0, 0.1) is 0 Å². The van der Waals surface area contributed by atoms with Crippen LogP contribution in [0.1, 0.15) is 17.7 Å². The molecular weight excluding hydrogens is 200 g/mol. The summed E-state index contributed by atoms with van der Waals surface area (Å²) >= 11 is 0. The molecule has 0 radical (unpaired) electrons. The van der Waals surface area contributed by atoms with Gasteiger partial charge in [0.1, 0.15) is 6.29 Å². The molecule has 1 aromatic heterocycles. The molecule has 3 nitrogen and oxygen atoms in total. The number of nitrogens with zero attached hydrogens (tertiary/aromatic N) is 2. The number of aryl methyl sites for hydroxylation is 1. The van der Waals surface area contributed by atoms with Crippen molar-refractivity contribution in [3.8, 4) is 0 Å². The SMILES string of the molecule is O=CCCc1cn(Cc2ccccc2)cn1. The summed E-state index contributed by atoms with van der Waals surface area (Å²) in [7, 11) is 0. The first kappa shape index (κ1) is 10.6. The Morgan fingerprint density at radius 3 is 2.81 bits per heavy atom. The monoisotopic (exact) mass is 214 g/mol. The van der Waals surface area contributed by atoms with E-state index in [2.05, 4.69) is 17.1 Å². The van der Waals surface area contributed by atoms with Crippen molar-refractivity contribution < 1.29 is 4.79 Å². The second kappa shape index (κ2) is 5.26. The van der Waals surface area contributed by atoms with Crippen LogP contribution < -0.4 is 0 Å². The van der Waals surface area contributed by atoms with Crippen molar-refractivity contribution in [2.45, 2.75) is 19.4 Å². The number of hydrogen-bond acceptors (Lipinski definition) is 2. The second-order valence-electron chi connectivity index (χ2n) is 3.73. The van der Waals surface area contributed by atoms with Crippen LogP contribution in [0.25, 0.3) is 0 Å². The fourth-order valence-electron chi connectivity index (χ4n) is 1.62. The molecule has 0 bridgehead atoms. The van der Waals surface area contributed by atoms with Crippen LogP contribution in [0.3, 0.4) is 0 Å². The van der Waals surface area contributed by atoms with E-state index in [1.54, 1.807) is 0 Å². The van der Waals surface area contributed by atoms with Crippen molar-refractivity contribution in [3.05, 3.63) is 54.1 Å². The van der Waals surface area contributed by atoms with Gasteiger partial charge < -0.3 is 9.36 Å². The quantitative estimate of drug-likeness (QED) is 0.714. The highest BCUT2D eigenvalue weighted by molar-refractivity contribution is 5.49. The van der Waals surface area contributed by atoms with Crippen LogP contribution >= 0.6 is 0 Å². The molecule has 1 aromatic carbocycles. The number of benzene rings is 1. The Morgan fingerprint density at radius 2 is 2.06 bits per heavy atom. The Hall–Kier alpha value is -1.90. The smallest absolute Gasteiger partial charge is 0.120 e. The Balaban J connectivity index is 2.00. The van der Waals surface area contributed by atoms with Gasteiger partial charge in [0, 0.05) is 19.2 Å². The molecule has 0 fully saturated rings. The molecule has 0 N–H and O–H groups in total. The zero-order valence-electron chi connectivity index (χ0n) is 9.04. The summed E-state index contributed by atoms with van der Waals surface area (Å²) in [5.41, 5.74) is 2.23. The second-order valence-corrected chi connectivity index (χ2v) is 3.73. The summed E-state index contributed by atoms with van der Waals surface area (Å²) in [5, 5.41) is 0. The van der Waals surface area contributed by atoms with Crippen LogP contribution in [0.4, 0.5) is 0 Å². The third kappa shape index (κ3) is 2.79. The highest BCUT2D eigenvalue weighted by Crippen LogP contribution is 2.04. The number of aldehydes is 1. The van der Waals surface area contributed by atoms with E-state index in [4.69, 9.17) is 0 Å². The standard InChI is InChI=1S/C13H14N2O/c16-8-4-7-13-10-15(11-14-13)9-12-5-2-1-3-6-12/h1-3,5-6,8,10-11H,4,7,9H2. The third-order valence-electron chi connectivity index (χ3n) is 2.41. The lowest BCUT2D eigenvalue weighted by Gasteiger charge is -2.00. The van der Waals surface area contributed by atoms with Crippen LogP contribution in [-0.2, 0) is 17.8 Å². The molecule has 82 valence electrons. The highest BCUT2D eigenvalue weighted by atomic mass is 16.1. The van der Waals surface area contributed by atoms with Crippen LogP contribution in [0.5, 0.6) is 0 Å². The molecule has 0 spiro atoms. The molecule has 0 amide bonds. The fourth-order valence-corrected chi connectivity index (χ4v) is 1.62. The lowest BCUT2D eigenvalue weighted by atomic mass is 10.2. The Labute approximate surface area is 94.7 Å². The summed E-state index contributed by atoms with van der Waals surface area (Å²) in [4.78, 5) is 14.5.